The Morgan fingerprint density at radius 3 is 2.00 bits per heavy atom. The van der Waals surface area contributed by atoms with Crippen LogP contribution in [0.2, 0.25) is 0 Å². The van der Waals surface area contributed by atoms with Crippen LogP contribution in [0.3, 0.4) is 0 Å². The van der Waals surface area contributed by atoms with Crippen molar-refractivity contribution >= 4 is 5.69 Å². The van der Waals surface area contributed by atoms with E-state index in [2.05, 4.69) is 70.4 Å². The van der Waals surface area contributed by atoms with Gasteiger partial charge in [-0.2, -0.15) is 0 Å². The second-order valence-electron chi connectivity index (χ2n) is 6.81. The molecule has 1 aromatic carbocycles. The van der Waals surface area contributed by atoms with Crippen molar-refractivity contribution in [1.29, 1.82) is 0 Å². The zero-order chi connectivity index (χ0) is 18.3. The Kier molecular flexibility index (Phi) is 8.10. The number of allylic oxidation sites excluding steroid dienone is 3. The molecule has 0 bridgehead atoms. The molecule has 1 aromatic rings. The monoisotopic (exact) mass is 328 g/mol. The van der Waals surface area contributed by atoms with Crippen LogP contribution in [-0.4, -0.2) is 13.1 Å². The molecule has 0 spiro atoms. The van der Waals surface area contributed by atoms with Crippen molar-refractivity contribution in [3.05, 3.63) is 51.7 Å². The van der Waals surface area contributed by atoms with Gasteiger partial charge in [-0.05, 0) is 69.2 Å². The Hall–Kier alpha value is -1.70. The fourth-order valence-electron chi connectivity index (χ4n) is 3.61. The molecule has 1 aliphatic carbocycles. The molecular weight excluding hydrogens is 292 g/mol. The Morgan fingerprint density at radius 2 is 1.46 bits per heavy atom. The van der Waals surface area contributed by atoms with Crippen molar-refractivity contribution in [3.63, 3.8) is 0 Å². The molecule has 1 aliphatic rings. The maximum absolute atomic E-state index is 3.61. The summed E-state index contributed by atoms with van der Waals surface area (Å²) < 4.78 is 0. The molecule has 0 saturated carbocycles. The zero-order valence-electron chi connectivity index (χ0n) is 16.9. The maximum atomic E-state index is 3.61. The minimum absolute atomic E-state index is 0.668. The summed E-state index contributed by atoms with van der Waals surface area (Å²) in [6.45, 7) is 19.1. The van der Waals surface area contributed by atoms with E-state index in [4.69, 9.17) is 0 Å². The third-order valence-corrected chi connectivity index (χ3v) is 4.39. The van der Waals surface area contributed by atoms with Crippen LogP contribution in [0.25, 0.3) is 0 Å². The summed E-state index contributed by atoms with van der Waals surface area (Å²) in [5, 5.41) is 7.19. The second kappa shape index (κ2) is 9.56. The van der Waals surface area contributed by atoms with Gasteiger partial charge in [0.25, 0.3) is 0 Å². The van der Waals surface area contributed by atoms with Gasteiger partial charge >= 0.3 is 0 Å². The summed E-state index contributed by atoms with van der Waals surface area (Å²) in [5.41, 5.74) is 9.48. The number of hydrogen-bond acceptors (Lipinski definition) is 2. The molecule has 0 saturated heterocycles. The van der Waals surface area contributed by atoms with Gasteiger partial charge in [-0.25, -0.2) is 0 Å². The molecule has 0 heterocycles. The third-order valence-electron chi connectivity index (χ3n) is 4.39. The summed E-state index contributed by atoms with van der Waals surface area (Å²) in [6, 6.07) is 4.48. The fraction of sp³-hybridized carbons (Fsp3) is 0.545. The van der Waals surface area contributed by atoms with Crippen LogP contribution in [0.15, 0.2) is 35.1 Å². The van der Waals surface area contributed by atoms with Crippen LogP contribution < -0.4 is 10.6 Å². The van der Waals surface area contributed by atoms with E-state index >= 15 is 0 Å². The molecule has 2 nitrogen and oxygen atoms in total. The van der Waals surface area contributed by atoms with E-state index in [0.29, 0.717) is 5.92 Å². The SMILES string of the molecule is CC.CC1=CC(C)CC(C)=C1NCCNc1c(C)cc(C)cc1C. The largest absolute Gasteiger partial charge is 0.383 e. The van der Waals surface area contributed by atoms with Crippen LogP contribution in [0.5, 0.6) is 0 Å². The second-order valence-corrected chi connectivity index (χ2v) is 6.81. The lowest BCUT2D eigenvalue weighted by Gasteiger charge is -2.23. The van der Waals surface area contributed by atoms with Gasteiger partial charge < -0.3 is 10.6 Å². The van der Waals surface area contributed by atoms with Gasteiger partial charge in [-0.15, -0.1) is 0 Å². The highest BCUT2D eigenvalue weighted by atomic mass is 15.0. The van der Waals surface area contributed by atoms with Crippen molar-refractivity contribution in [3.8, 4) is 0 Å². The Bertz CT molecular complexity index is 585. The highest BCUT2D eigenvalue weighted by Crippen LogP contribution is 2.26. The van der Waals surface area contributed by atoms with Gasteiger partial charge in [0.1, 0.15) is 0 Å². The smallest absolute Gasteiger partial charge is 0.0400 e. The van der Waals surface area contributed by atoms with Crippen LogP contribution >= 0.6 is 0 Å². The third kappa shape index (κ3) is 5.43. The standard InChI is InChI=1S/C20H30N2.C2H6/c1-13-9-15(3)19(16(4)10-13)21-7-8-22-20-17(5)11-14(2)12-18(20)6;1-2/h9-11,14,21-22H,7-8,12H2,1-6H3;1-2H3. The van der Waals surface area contributed by atoms with E-state index in [1.54, 1.807) is 0 Å². The highest BCUT2D eigenvalue weighted by Gasteiger charge is 2.13. The lowest BCUT2D eigenvalue weighted by atomic mass is 9.90. The summed E-state index contributed by atoms with van der Waals surface area (Å²) in [7, 11) is 0. The first-order valence-electron chi connectivity index (χ1n) is 9.32. The molecular formula is C22H36N2. The van der Waals surface area contributed by atoms with E-state index < -0.39 is 0 Å². The molecule has 2 rings (SSSR count). The molecule has 134 valence electrons. The topological polar surface area (TPSA) is 24.1 Å². The van der Waals surface area contributed by atoms with Gasteiger partial charge in [0.05, 0.1) is 0 Å². The van der Waals surface area contributed by atoms with Gasteiger partial charge in [-0.1, -0.05) is 44.5 Å². The van der Waals surface area contributed by atoms with Gasteiger partial charge in [0, 0.05) is 24.5 Å². The van der Waals surface area contributed by atoms with Crippen molar-refractivity contribution in [1.82, 2.24) is 5.32 Å². The average Bonchev–Trinajstić information content (AvgIpc) is 2.49. The van der Waals surface area contributed by atoms with E-state index in [-0.39, 0.29) is 0 Å². The summed E-state index contributed by atoms with van der Waals surface area (Å²) in [4.78, 5) is 0. The number of rotatable bonds is 5. The minimum Gasteiger partial charge on any atom is -0.383 e. The van der Waals surface area contributed by atoms with Gasteiger partial charge in [0.15, 0.2) is 0 Å². The van der Waals surface area contributed by atoms with Crippen LogP contribution in [0, 0.1) is 26.7 Å². The molecule has 1 unspecified atom stereocenters. The van der Waals surface area contributed by atoms with E-state index in [0.717, 1.165) is 13.1 Å². The number of anilines is 1. The van der Waals surface area contributed by atoms with Crippen molar-refractivity contribution in [2.24, 2.45) is 5.92 Å². The first-order valence-corrected chi connectivity index (χ1v) is 9.32. The molecule has 1 atom stereocenters. The average molecular weight is 329 g/mol. The highest BCUT2D eigenvalue weighted by molar-refractivity contribution is 5.58. The summed E-state index contributed by atoms with van der Waals surface area (Å²) >= 11 is 0. The molecule has 0 amide bonds. The number of nitrogens with one attached hydrogen (secondary N) is 2. The van der Waals surface area contributed by atoms with Gasteiger partial charge in [0.2, 0.25) is 0 Å². The quantitative estimate of drug-likeness (QED) is 0.658. The molecule has 2 N–H and O–H groups in total. The van der Waals surface area contributed by atoms with Crippen LogP contribution in [0.4, 0.5) is 5.69 Å². The fourth-order valence-corrected chi connectivity index (χ4v) is 3.61. The normalized spacial score (nSPS) is 17.0. The zero-order valence-corrected chi connectivity index (χ0v) is 16.9. The molecule has 0 aromatic heterocycles. The number of benzene rings is 1. The Morgan fingerprint density at radius 1 is 0.917 bits per heavy atom. The van der Waals surface area contributed by atoms with Crippen molar-refractivity contribution in [2.75, 3.05) is 18.4 Å². The summed E-state index contributed by atoms with van der Waals surface area (Å²) in [6.07, 6.45) is 3.54. The van der Waals surface area contributed by atoms with Gasteiger partial charge in [-0.3, -0.25) is 0 Å². The van der Waals surface area contributed by atoms with Crippen LogP contribution in [-0.2, 0) is 0 Å². The van der Waals surface area contributed by atoms with Crippen molar-refractivity contribution < 1.29 is 0 Å². The Labute approximate surface area is 149 Å². The van der Waals surface area contributed by atoms with Crippen LogP contribution in [0.1, 0.15) is 57.7 Å². The molecule has 0 aliphatic heterocycles. The number of aryl methyl sites for hydroxylation is 3. The first kappa shape index (κ1) is 20.3. The predicted molar refractivity (Wildman–Crippen MR) is 109 cm³/mol. The molecule has 24 heavy (non-hydrogen) atoms. The maximum Gasteiger partial charge on any atom is 0.0400 e. The van der Waals surface area contributed by atoms with E-state index in [9.17, 15) is 0 Å². The number of hydrogen-bond donors (Lipinski definition) is 2. The van der Waals surface area contributed by atoms with E-state index in [1.165, 1.54) is 45.6 Å². The molecule has 2 heteroatoms. The first-order chi connectivity index (χ1) is 11.4. The van der Waals surface area contributed by atoms with E-state index in [1.807, 2.05) is 13.8 Å². The lowest BCUT2D eigenvalue weighted by molar-refractivity contribution is 0.667. The Balaban J connectivity index is 0.00000139. The summed E-state index contributed by atoms with van der Waals surface area (Å²) in [5.74, 6) is 0.668. The predicted octanol–water partition coefficient (Wildman–Crippen LogP) is 5.90. The minimum atomic E-state index is 0.668. The molecule has 0 fully saturated rings. The molecule has 0 radical (unpaired) electrons. The lowest BCUT2D eigenvalue weighted by Crippen LogP contribution is -2.25. The van der Waals surface area contributed by atoms with Crippen molar-refractivity contribution in [2.45, 2.75) is 61.8 Å².